The van der Waals surface area contributed by atoms with Crippen LogP contribution in [0.3, 0.4) is 0 Å². The number of aryl methyl sites for hydroxylation is 1. The normalized spacial score (nSPS) is 10.0. The highest BCUT2D eigenvalue weighted by Gasteiger charge is 1.96. The van der Waals surface area contributed by atoms with Crippen molar-refractivity contribution >= 4 is 0 Å². The fourth-order valence-electron chi connectivity index (χ4n) is 1.10. The maximum Gasteiger partial charge on any atom is 0.0570 e. The molecule has 0 spiro atoms. The largest absolute Gasteiger partial charge is 0.307 e. The minimum absolute atomic E-state index is 0.819. The van der Waals surface area contributed by atoms with Gasteiger partial charge in [-0.1, -0.05) is 18.2 Å². The van der Waals surface area contributed by atoms with Crippen molar-refractivity contribution in [1.29, 1.82) is 0 Å². The third kappa shape index (κ3) is 3.38. The summed E-state index contributed by atoms with van der Waals surface area (Å²) in [5, 5.41) is 3.28. The van der Waals surface area contributed by atoms with Crippen LogP contribution < -0.4 is 5.32 Å². The lowest BCUT2D eigenvalue weighted by molar-refractivity contribution is 0.719. The van der Waals surface area contributed by atoms with Crippen molar-refractivity contribution in [2.24, 2.45) is 0 Å². The highest BCUT2D eigenvalue weighted by Crippen LogP contribution is 2.02. The van der Waals surface area contributed by atoms with Crippen LogP contribution in [0.15, 0.2) is 30.5 Å². The van der Waals surface area contributed by atoms with Crippen molar-refractivity contribution in [2.45, 2.75) is 20.4 Å². The second-order valence-corrected chi connectivity index (χ2v) is 3.33. The van der Waals surface area contributed by atoms with Gasteiger partial charge in [-0.25, -0.2) is 0 Å². The molecule has 0 aliphatic carbocycles. The first kappa shape index (κ1) is 9.93. The van der Waals surface area contributed by atoms with Gasteiger partial charge < -0.3 is 5.32 Å². The van der Waals surface area contributed by atoms with E-state index in [4.69, 9.17) is 0 Å². The van der Waals surface area contributed by atoms with Gasteiger partial charge in [0.1, 0.15) is 0 Å². The molecule has 0 saturated heterocycles. The van der Waals surface area contributed by atoms with E-state index < -0.39 is 0 Å². The van der Waals surface area contributed by atoms with Crippen molar-refractivity contribution in [3.63, 3.8) is 0 Å². The Morgan fingerprint density at radius 1 is 1.62 bits per heavy atom. The second-order valence-electron chi connectivity index (χ2n) is 3.33. The summed E-state index contributed by atoms with van der Waals surface area (Å²) < 4.78 is 0. The molecular weight excluding hydrogens is 160 g/mol. The van der Waals surface area contributed by atoms with Gasteiger partial charge in [0.15, 0.2) is 0 Å². The third-order valence-corrected chi connectivity index (χ3v) is 1.84. The van der Waals surface area contributed by atoms with Crippen LogP contribution in [-0.2, 0) is 6.54 Å². The van der Waals surface area contributed by atoms with E-state index in [1.165, 1.54) is 5.56 Å². The molecule has 0 aliphatic rings. The van der Waals surface area contributed by atoms with Crippen LogP contribution >= 0.6 is 0 Å². The highest BCUT2D eigenvalue weighted by atomic mass is 14.9. The van der Waals surface area contributed by atoms with Gasteiger partial charge in [-0.3, -0.25) is 4.98 Å². The van der Waals surface area contributed by atoms with Crippen molar-refractivity contribution in [3.05, 3.63) is 41.7 Å². The average Bonchev–Trinajstić information content (AvgIpc) is 2.08. The molecule has 0 aromatic carbocycles. The maximum absolute atomic E-state index is 4.28. The van der Waals surface area contributed by atoms with Crippen molar-refractivity contribution in [1.82, 2.24) is 10.3 Å². The number of nitrogens with zero attached hydrogens (tertiary/aromatic N) is 1. The third-order valence-electron chi connectivity index (χ3n) is 1.84. The van der Waals surface area contributed by atoms with Gasteiger partial charge in [0, 0.05) is 19.3 Å². The quantitative estimate of drug-likeness (QED) is 0.710. The summed E-state index contributed by atoms with van der Waals surface area (Å²) in [6.07, 6.45) is 1.82. The standard InChI is InChI=1S/C11H16N2/c1-9(2)7-12-8-11-10(3)5-4-6-13-11/h4-6,12H,1,7-8H2,2-3H3. The van der Waals surface area contributed by atoms with Crippen molar-refractivity contribution in [2.75, 3.05) is 6.54 Å². The number of aromatic nitrogens is 1. The van der Waals surface area contributed by atoms with Gasteiger partial charge >= 0.3 is 0 Å². The summed E-state index contributed by atoms with van der Waals surface area (Å²) in [6.45, 7) is 9.59. The van der Waals surface area contributed by atoms with Crippen LogP contribution in [-0.4, -0.2) is 11.5 Å². The molecule has 1 N–H and O–H groups in total. The van der Waals surface area contributed by atoms with E-state index in [0.29, 0.717) is 0 Å². The van der Waals surface area contributed by atoms with Crippen LogP contribution in [0.2, 0.25) is 0 Å². The Labute approximate surface area is 79.7 Å². The fraction of sp³-hybridized carbons (Fsp3) is 0.364. The molecule has 0 fully saturated rings. The lowest BCUT2D eigenvalue weighted by Gasteiger charge is -2.05. The summed E-state index contributed by atoms with van der Waals surface area (Å²) in [5.74, 6) is 0. The van der Waals surface area contributed by atoms with Crippen LogP contribution in [0.25, 0.3) is 0 Å². The molecule has 70 valence electrons. The van der Waals surface area contributed by atoms with Crippen LogP contribution in [0.1, 0.15) is 18.2 Å². The van der Waals surface area contributed by atoms with E-state index in [0.717, 1.165) is 24.4 Å². The second kappa shape index (κ2) is 4.77. The molecule has 0 aliphatic heterocycles. The molecule has 13 heavy (non-hydrogen) atoms. The van der Waals surface area contributed by atoms with E-state index in [-0.39, 0.29) is 0 Å². The number of nitrogens with one attached hydrogen (secondary N) is 1. The molecular formula is C11H16N2. The molecule has 1 rings (SSSR count). The van der Waals surface area contributed by atoms with E-state index in [1.807, 2.05) is 19.2 Å². The molecule has 0 bridgehead atoms. The van der Waals surface area contributed by atoms with E-state index in [1.54, 1.807) is 0 Å². The topological polar surface area (TPSA) is 24.9 Å². The number of hydrogen-bond acceptors (Lipinski definition) is 2. The van der Waals surface area contributed by atoms with Gasteiger partial charge in [0.25, 0.3) is 0 Å². The summed E-state index contributed by atoms with van der Waals surface area (Å²) >= 11 is 0. The smallest absolute Gasteiger partial charge is 0.0570 e. The van der Waals surface area contributed by atoms with Gasteiger partial charge in [0.05, 0.1) is 5.69 Å². The minimum atomic E-state index is 0.819. The summed E-state index contributed by atoms with van der Waals surface area (Å²) in [6, 6.07) is 4.03. The predicted molar refractivity (Wildman–Crippen MR) is 55.5 cm³/mol. The number of rotatable bonds is 4. The molecule has 0 saturated carbocycles. The van der Waals surface area contributed by atoms with E-state index in [9.17, 15) is 0 Å². The molecule has 1 heterocycles. The number of hydrogen-bond donors (Lipinski definition) is 1. The van der Waals surface area contributed by atoms with Gasteiger partial charge in [-0.2, -0.15) is 0 Å². The molecule has 1 aromatic rings. The van der Waals surface area contributed by atoms with Gasteiger partial charge in [0.2, 0.25) is 0 Å². The Morgan fingerprint density at radius 3 is 3.00 bits per heavy atom. The molecule has 2 nitrogen and oxygen atoms in total. The minimum Gasteiger partial charge on any atom is -0.307 e. The molecule has 1 aromatic heterocycles. The molecule has 0 unspecified atom stereocenters. The Morgan fingerprint density at radius 2 is 2.38 bits per heavy atom. The average molecular weight is 176 g/mol. The zero-order chi connectivity index (χ0) is 9.68. The summed E-state index contributed by atoms with van der Waals surface area (Å²) in [4.78, 5) is 4.28. The molecule has 0 amide bonds. The summed E-state index contributed by atoms with van der Waals surface area (Å²) in [7, 11) is 0. The fourth-order valence-corrected chi connectivity index (χ4v) is 1.10. The Balaban J connectivity index is 2.45. The Hall–Kier alpha value is -1.15. The first-order chi connectivity index (χ1) is 6.20. The first-order valence-corrected chi connectivity index (χ1v) is 4.45. The molecule has 2 heteroatoms. The van der Waals surface area contributed by atoms with Crippen molar-refractivity contribution in [3.8, 4) is 0 Å². The number of pyridine rings is 1. The molecule has 0 atom stereocenters. The van der Waals surface area contributed by atoms with Crippen LogP contribution in [0.4, 0.5) is 0 Å². The lowest BCUT2D eigenvalue weighted by atomic mass is 10.2. The van der Waals surface area contributed by atoms with Crippen molar-refractivity contribution < 1.29 is 0 Å². The molecule has 0 radical (unpaired) electrons. The zero-order valence-electron chi connectivity index (χ0n) is 8.30. The highest BCUT2D eigenvalue weighted by molar-refractivity contribution is 5.17. The lowest BCUT2D eigenvalue weighted by Crippen LogP contribution is -2.16. The monoisotopic (exact) mass is 176 g/mol. The Bertz CT molecular complexity index is 292. The SMILES string of the molecule is C=C(C)CNCc1ncccc1C. The Kier molecular flexibility index (Phi) is 3.65. The van der Waals surface area contributed by atoms with Gasteiger partial charge in [-0.05, 0) is 25.5 Å². The van der Waals surface area contributed by atoms with Gasteiger partial charge in [-0.15, -0.1) is 0 Å². The van der Waals surface area contributed by atoms with E-state index >= 15 is 0 Å². The van der Waals surface area contributed by atoms with Crippen LogP contribution in [0.5, 0.6) is 0 Å². The van der Waals surface area contributed by atoms with E-state index in [2.05, 4.69) is 29.9 Å². The zero-order valence-corrected chi connectivity index (χ0v) is 8.30. The first-order valence-electron chi connectivity index (χ1n) is 4.45. The predicted octanol–water partition coefficient (Wildman–Crippen LogP) is 2.06. The summed E-state index contributed by atoms with van der Waals surface area (Å²) in [5.41, 5.74) is 3.49. The van der Waals surface area contributed by atoms with Crippen LogP contribution in [0, 0.1) is 6.92 Å². The maximum atomic E-state index is 4.28.